The zero-order chi connectivity index (χ0) is 15.4. The normalized spacial score (nSPS) is 9.73. The molecule has 0 aliphatic carbocycles. The summed E-state index contributed by atoms with van der Waals surface area (Å²) in [7, 11) is 0. The maximum Gasteiger partial charge on any atom is 0.207 e. The average molecular weight is 485 g/mol. The molecule has 3 nitrogen and oxygen atoms in total. The van der Waals surface area contributed by atoms with Crippen molar-refractivity contribution in [1.29, 1.82) is 0 Å². The van der Waals surface area contributed by atoms with E-state index in [0.29, 0.717) is 21.6 Å². The van der Waals surface area contributed by atoms with Gasteiger partial charge < -0.3 is 9.30 Å². The van der Waals surface area contributed by atoms with Crippen molar-refractivity contribution < 1.29 is 41.8 Å². The fourth-order valence-electron chi connectivity index (χ4n) is 1.98. The van der Waals surface area contributed by atoms with Crippen LogP contribution in [0.3, 0.4) is 0 Å². The maximum atomic E-state index is 14.2. The van der Waals surface area contributed by atoms with E-state index in [1.54, 1.807) is 12.1 Å². The van der Waals surface area contributed by atoms with Crippen molar-refractivity contribution in [3.05, 3.63) is 50.1 Å². The van der Waals surface area contributed by atoms with Crippen LogP contribution in [0.2, 0.25) is 0 Å². The Kier molecular flexibility index (Phi) is 7.74. The first kappa shape index (κ1) is 19.3. The van der Waals surface area contributed by atoms with Crippen molar-refractivity contribution in [1.82, 2.24) is 4.57 Å². The molecule has 0 saturated heterocycles. The van der Waals surface area contributed by atoms with Crippen LogP contribution in [-0.4, -0.2) is 11.2 Å². The molecular formula is C16H12FINO2Y-. The van der Waals surface area contributed by atoms with E-state index in [2.05, 4.69) is 12.0 Å². The van der Waals surface area contributed by atoms with Crippen molar-refractivity contribution in [3.8, 4) is 29.4 Å². The molecule has 1 radical (unpaired) electrons. The van der Waals surface area contributed by atoms with Gasteiger partial charge in [-0.25, -0.2) is 4.39 Å². The van der Waals surface area contributed by atoms with E-state index in [9.17, 15) is 9.18 Å². The van der Waals surface area contributed by atoms with E-state index >= 15 is 0 Å². The Morgan fingerprint density at radius 2 is 2.23 bits per heavy atom. The number of nitrogens with zero attached hydrogens (tertiary/aromatic N) is 1. The van der Waals surface area contributed by atoms with Crippen LogP contribution in [0, 0.1) is 27.8 Å². The molecule has 0 N–H and O–H groups in total. The van der Waals surface area contributed by atoms with Gasteiger partial charge in [-0.05, 0) is 28.2 Å². The third kappa shape index (κ3) is 3.98. The van der Waals surface area contributed by atoms with Crippen LogP contribution in [-0.2, 0) is 39.3 Å². The monoisotopic (exact) mass is 485 g/mol. The number of hydrogen-bond acceptors (Lipinski definition) is 2. The Labute approximate surface area is 167 Å². The summed E-state index contributed by atoms with van der Waals surface area (Å²) in [6.07, 6.45) is 5.17. The van der Waals surface area contributed by atoms with Gasteiger partial charge in [0.2, 0.25) is 5.56 Å². The molecule has 0 fully saturated rings. The van der Waals surface area contributed by atoms with Gasteiger partial charge in [-0.2, -0.15) is 12.1 Å². The summed E-state index contributed by atoms with van der Waals surface area (Å²) >= 11 is 1.93. The summed E-state index contributed by atoms with van der Waals surface area (Å²) in [5.74, 6) is 2.15. The summed E-state index contributed by atoms with van der Waals surface area (Å²) < 4.78 is 21.6. The standard InChI is InChI=1S/C16H12FINO2.Y/c1-3-10-21-14-7-5-6-11(17)15(14)13-9-8-12(18)16(20)19(13)4-2;/h1,5-8H,4,10H2,2H3;/q-1;. The Morgan fingerprint density at radius 3 is 2.86 bits per heavy atom. The molecule has 0 aliphatic rings. The number of rotatable bonds is 4. The van der Waals surface area contributed by atoms with E-state index in [0.717, 1.165) is 0 Å². The van der Waals surface area contributed by atoms with E-state index in [1.807, 2.05) is 29.5 Å². The van der Waals surface area contributed by atoms with Crippen molar-refractivity contribution in [2.24, 2.45) is 0 Å². The fourth-order valence-corrected chi connectivity index (χ4v) is 2.43. The zero-order valence-corrected chi connectivity index (χ0v) is 16.9. The summed E-state index contributed by atoms with van der Waals surface area (Å²) in [6.45, 7) is 2.25. The van der Waals surface area contributed by atoms with Crippen LogP contribution in [0.25, 0.3) is 11.3 Å². The molecule has 0 saturated carbocycles. The van der Waals surface area contributed by atoms with Crippen LogP contribution in [0.15, 0.2) is 29.1 Å². The van der Waals surface area contributed by atoms with Crippen molar-refractivity contribution in [2.45, 2.75) is 13.5 Å². The molecule has 1 aromatic heterocycles. The molecular weight excluding hydrogens is 473 g/mol. The summed E-state index contributed by atoms with van der Waals surface area (Å²) in [5.41, 5.74) is 0.370. The third-order valence-electron chi connectivity index (χ3n) is 2.89. The van der Waals surface area contributed by atoms with Crippen LogP contribution in [0.5, 0.6) is 5.75 Å². The van der Waals surface area contributed by atoms with Gasteiger partial charge in [-0.3, -0.25) is 4.79 Å². The predicted octanol–water partition coefficient (Wildman–Crippen LogP) is 3.09. The second-order valence-corrected chi connectivity index (χ2v) is 5.30. The summed E-state index contributed by atoms with van der Waals surface area (Å²) in [6, 6.07) is 8.96. The zero-order valence-electron chi connectivity index (χ0n) is 11.9. The molecule has 2 rings (SSSR count). The Hall–Kier alpha value is -0.706. The van der Waals surface area contributed by atoms with Gasteiger partial charge in [0.05, 0.1) is 11.6 Å². The quantitative estimate of drug-likeness (QED) is 0.379. The Balaban J connectivity index is 0.00000242. The molecule has 22 heavy (non-hydrogen) atoms. The number of pyridine rings is 1. The van der Waals surface area contributed by atoms with Gasteiger partial charge in [-0.1, -0.05) is 17.7 Å². The Morgan fingerprint density at radius 1 is 1.50 bits per heavy atom. The minimum Gasteiger partial charge on any atom is -0.493 e. The van der Waals surface area contributed by atoms with Crippen molar-refractivity contribution >= 4 is 22.6 Å². The largest absolute Gasteiger partial charge is 0.493 e. The van der Waals surface area contributed by atoms with Gasteiger partial charge in [0.15, 0.2) is 0 Å². The number of benzene rings is 1. The number of ether oxygens (including phenoxy) is 1. The second-order valence-electron chi connectivity index (χ2n) is 4.14. The van der Waals surface area contributed by atoms with Crippen LogP contribution in [0.4, 0.5) is 4.39 Å². The summed E-state index contributed by atoms with van der Waals surface area (Å²) in [4.78, 5) is 12.2. The van der Waals surface area contributed by atoms with Crippen LogP contribution >= 0.6 is 22.6 Å². The van der Waals surface area contributed by atoms with Crippen molar-refractivity contribution in [2.75, 3.05) is 6.61 Å². The maximum absolute atomic E-state index is 14.2. The third-order valence-corrected chi connectivity index (χ3v) is 3.67. The number of hydrogen-bond donors (Lipinski definition) is 0. The van der Waals surface area contributed by atoms with Crippen LogP contribution in [0.1, 0.15) is 6.92 Å². The Bertz CT molecular complexity index is 768. The first-order valence-corrected chi connectivity index (χ1v) is 7.34. The molecule has 0 spiro atoms. The molecule has 2 aromatic rings. The molecule has 0 unspecified atom stereocenters. The summed E-state index contributed by atoms with van der Waals surface area (Å²) in [5, 5.41) is 0. The van der Waals surface area contributed by atoms with Gasteiger partial charge in [0.1, 0.15) is 6.61 Å². The van der Waals surface area contributed by atoms with E-state index < -0.39 is 5.82 Å². The first-order chi connectivity index (χ1) is 10.1. The molecule has 1 aromatic carbocycles. The minimum atomic E-state index is -0.483. The topological polar surface area (TPSA) is 31.2 Å². The minimum absolute atomic E-state index is 0. The first-order valence-electron chi connectivity index (χ1n) is 6.26. The van der Waals surface area contributed by atoms with Crippen molar-refractivity contribution in [3.63, 3.8) is 0 Å². The number of terminal acetylenes is 1. The molecule has 0 amide bonds. The predicted molar refractivity (Wildman–Crippen MR) is 87.7 cm³/mol. The smallest absolute Gasteiger partial charge is 0.207 e. The number of aromatic nitrogens is 1. The SMILES string of the molecule is C#CCOc1cccc(F)c1-c1[c-]cc(I)c(=O)n1CC.[Y]. The molecule has 1 heterocycles. The molecule has 0 bridgehead atoms. The van der Waals surface area contributed by atoms with Gasteiger partial charge in [0, 0.05) is 39.3 Å². The molecule has 6 heteroatoms. The van der Waals surface area contributed by atoms with Crippen LogP contribution < -0.4 is 10.3 Å². The number of halogens is 2. The van der Waals surface area contributed by atoms with E-state index in [-0.39, 0.29) is 50.4 Å². The van der Waals surface area contributed by atoms with Gasteiger partial charge >= 0.3 is 0 Å². The van der Waals surface area contributed by atoms with Gasteiger partial charge in [-0.15, -0.1) is 29.0 Å². The molecule has 111 valence electrons. The molecule has 0 aliphatic heterocycles. The van der Waals surface area contributed by atoms with Gasteiger partial charge in [0.25, 0.3) is 0 Å². The second kappa shape index (κ2) is 8.80. The average Bonchev–Trinajstić information content (AvgIpc) is 2.48. The van der Waals surface area contributed by atoms with E-state index in [4.69, 9.17) is 11.2 Å². The fraction of sp³-hybridized carbons (Fsp3) is 0.188. The van der Waals surface area contributed by atoms with E-state index in [1.165, 1.54) is 16.7 Å². The molecule has 0 atom stereocenters.